The van der Waals surface area contributed by atoms with Gasteiger partial charge in [0.2, 0.25) is 0 Å². The van der Waals surface area contributed by atoms with E-state index in [2.05, 4.69) is 33.2 Å². The topological polar surface area (TPSA) is 42.0 Å². The van der Waals surface area contributed by atoms with Crippen molar-refractivity contribution < 1.29 is 4.79 Å². The van der Waals surface area contributed by atoms with Crippen LogP contribution in [0.4, 0.5) is 0 Å². The van der Waals surface area contributed by atoms with E-state index >= 15 is 0 Å². The van der Waals surface area contributed by atoms with Crippen LogP contribution < -0.4 is 5.32 Å². The van der Waals surface area contributed by atoms with Crippen LogP contribution in [0.2, 0.25) is 0 Å². The number of carbonyl (C=O) groups is 1. The normalized spacial score (nSPS) is 12.2. The van der Waals surface area contributed by atoms with Crippen molar-refractivity contribution in [3.8, 4) is 0 Å². The molecule has 1 aromatic rings. The lowest BCUT2D eigenvalue weighted by atomic mass is 10.0. The van der Waals surface area contributed by atoms with Crippen LogP contribution in [-0.4, -0.2) is 22.8 Å². The Bertz CT molecular complexity index is 368. The second kappa shape index (κ2) is 7.43. The molecule has 1 amide bonds. The first kappa shape index (κ1) is 14.2. The van der Waals surface area contributed by atoms with Gasteiger partial charge in [0, 0.05) is 18.1 Å². The van der Waals surface area contributed by atoms with Crippen LogP contribution in [-0.2, 0) is 0 Å². The molecule has 0 saturated carbocycles. The average molecular weight is 299 g/mol. The van der Waals surface area contributed by atoms with E-state index < -0.39 is 0 Å². The Morgan fingerprint density at radius 2 is 2.35 bits per heavy atom. The van der Waals surface area contributed by atoms with Gasteiger partial charge >= 0.3 is 0 Å². The van der Waals surface area contributed by atoms with E-state index in [9.17, 15) is 4.79 Å². The minimum atomic E-state index is -0.0730. The maximum Gasteiger partial charge on any atom is 0.270 e. The van der Waals surface area contributed by atoms with Crippen LogP contribution in [0.1, 0.15) is 35.8 Å². The highest BCUT2D eigenvalue weighted by Gasteiger charge is 2.12. The Labute approximate surface area is 111 Å². The van der Waals surface area contributed by atoms with E-state index in [1.165, 1.54) is 0 Å². The lowest BCUT2D eigenvalue weighted by molar-refractivity contribution is 0.0941. The third-order valence-corrected chi connectivity index (χ3v) is 3.33. The third kappa shape index (κ3) is 4.46. The van der Waals surface area contributed by atoms with Crippen molar-refractivity contribution in [1.29, 1.82) is 0 Å². The molecule has 1 atom stereocenters. The molecule has 0 aromatic carbocycles. The summed E-state index contributed by atoms with van der Waals surface area (Å²) in [4.78, 5) is 16.0. The molecule has 0 aliphatic rings. The molecule has 1 N–H and O–H groups in total. The van der Waals surface area contributed by atoms with Crippen molar-refractivity contribution in [1.82, 2.24) is 10.3 Å². The Hall–Kier alpha value is -0.900. The highest BCUT2D eigenvalue weighted by atomic mass is 79.9. The summed E-state index contributed by atoms with van der Waals surface area (Å²) >= 11 is 3.43. The molecule has 4 heteroatoms. The lowest BCUT2D eigenvalue weighted by Gasteiger charge is -2.14. The molecule has 1 aromatic heterocycles. The number of pyridine rings is 1. The number of halogens is 1. The highest BCUT2D eigenvalue weighted by Crippen LogP contribution is 2.09. The molecule has 0 radical (unpaired) electrons. The molecule has 0 bridgehead atoms. The number of carbonyl (C=O) groups excluding carboxylic acids is 1. The van der Waals surface area contributed by atoms with E-state index in [-0.39, 0.29) is 5.91 Å². The number of hydrogen-bond donors (Lipinski definition) is 1. The Morgan fingerprint density at radius 1 is 1.59 bits per heavy atom. The summed E-state index contributed by atoms with van der Waals surface area (Å²) < 4.78 is 0. The van der Waals surface area contributed by atoms with E-state index in [0.717, 1.165) is 30.3 Å². The van der Waals surface area contributed by atoms with E-state index in [1.54, 1.807) is 6.20 Å². The van der Waals surface area contributed by atoms with E-state index in [0.29, 0.717) is 11.6 Å². The summed E-state index contributed by atoms with van der Waals surface area (Å²) in [5.74, 6) is 0.457. The fourth-order valence-electron chi connectivity index (χ4n) is 1.65. The molecule has 0 spiro atoms. The summed E-state index contributed by atoms with van der Waals surface area (Å²) in [6, 6.07) is 3.74. The monoisotopic (exact) mass is 298 g/mol. The maximum atomic E-state index is 11.9. The zero-order valence-corrected chi connectivity index (χ0v) is 12.0. The maximum absolute atomic E-state index is 11.9. The van der Waals surface area contributed by atoms with Gasteiger partial charge in [-0.3, -0.25) is 9.78 Å². The Balaban J connectivity index is 2.52. The van der Waals surface area contributed by atoms with Gasteiger partial charge in [-0.05, 0) is 30.9 Å². The minimum Gasteiger partial charge on any atom is -0.350 e. The number of aryl methyl sites for hydroxylation is 1. The predicted octanol–water partition coefficient (Wildman–Crippen LogP) is 2.93. The summed E-state index contributed by atoms with van der Waals surface area (Å²) in [6.07, 6.45) is 3.81. The van der Waals surface area contributed by atoms with Crippen molar-refractivity contribution >= 4 is 21.8 Å². The number of hydrogen-bond acceptors (Lipinski definition) is 2. The molecule has 0 fully saturated rings. The molecule has 1 rings (SSSR count). The van der Waals surface area contributed by atoms with Crippen LogP contribution in [0.5, 0.6) is 0 Å². The van der Waals surface area contributed by atoms with Gasteiger partial charge in [-0.1, -0.05) is 35.3 Å². The van der Waals surface area contributed by atoms with E-state index in [4.69, 9.17) is 0 Å². The number of nitrogens with one attached hydrogen (secondary N) is 1. The average Bonchev–Trinajstić information content (AvgIpc) is 2.34. The number of alkyl halides is 1. The summed E-state index contributed by atoms with van der Waals surface area (Å²) in [6.45, 7) is 4.76. The van der Waals surface area contributed by atoms with Crippen LogP contribution in [0.15, 0.2) is 18.3 Å². The highest BCUT2D eigenvalue weighted by molar-refractivity contribution is 9.09. The fourth-order valence-corrected chi connectivity index (χ4v) is 2.30. The van der Waals surface area contributed by atoms with Crippen molar-refractivity contribution in [3.63, 3.8) is 0 Å². The molecule has 17 heavy (non-hydrogen) atoms. The predicted molar refractivity (Wildman–Crippen MR) is 73.5 cm³/mol. The zero-order chi connectivity index (χ0) is 12.7. The fraction of sp³-hybridized carbons (Fsp3) is 0.538. The molecular formula is C13H19BrN2O. The van der Waals surface area contributed by atoms with Crippen molar-refractivity contribution in [2.24, 2.45) is 5.92 Å². The van der Waals surface area contributed by atoms with Gasteiger partial charge < -0.3 is 5.32 Å². The third-order valence-electron chi connectivity index (χ3n) is 2.87. The first-order valence-corrected chi connectivity index (χ1v) is 7.07. The first-order valence-electron chi connectivity index (χ1n) is 5.94. The largest absolute Gasteiger partial charge is 0.350 e. The molecule has 1 unspecified atom stereocenters. The smallest absolute Gasteiger partial charge is 0.270 e. The molecule has 0 aliphatic heterocycles. The second-order valence-corrected chi connectivity index (χ2v) is 4.92. The second-order valence-electron chi connectivity index (χ2n) is 4.13. The quantitative estimate of drug-likeness (QED) is 0.821. The summed E-state index contributed by atoms with van der Waals surface area (Å²) in [7, 11) is 0. The van der Waals surface area contributed by atoms with Crippen LogP contribution >= 0.6 is 15.9 Å². The zero-order valence-electron chi connectivity index (χ0n) is 10.4. The molecule has 94 valence electrons. The van der Waals surface area contributed by atoms with Crippen molar-refractivity contribution in [2.45, 2.75) is 26.7 Å². The summed E-state index contributed by atoms with van der Waals surface area (Å²) in [5.41, 5.74) is 1.44. The summed E-state index contributed by atoms with van der Waals surface area (Å²) in [5, 5.41) is 3.93. The SMILES string of the molecule is CCC(CCBr)CNC(=O)c1ncccc1C. The van der Waals surface area contributed by atoms with Crippen LogP contribution in [0.3, 0.4) is 0 Å². The van der Waals surface area contributed by atoms with Crippen LogP contribution in [0, 0.1) is 12.8 Å². The number of rotatable bonds is 6. The van der Waals surface area contributed by atoms with Gasteiger partial charge in [-0.2, -0.15) is 0 Å². The standard InChI is InChI=1S/C13H19BrN2O/c1-3-11(6-7-14)9-16-13(17)12-10(2)5-4-8-15-12/h4-5,8,11H,3,6-7,9H2,1-2H3,(H,16,17). The lowest BCUT2D eigenvalue weighted by Crippen LogP contribution is -2.30. The van der Waals surface area contributed by atoms with Gasteiger partial charge in [0.15, 0.2) is 0 Å². The molecular weight excluding hydrogens is 280 g/mol. The van der Waals surface area contributed by atoms with Gasteiger partial charge in [0.25, 0.3) is 5.91 Å². The van der Waals surface area contributed by atoms with Crippen molar-refractivity contribution in [2.75, 3.05) is 11.9 Å². The van der Waals surface area contributed by atoms with E-state index in [1.807, 2.05) is 19.1 Å². The number of aromatic nitrogens is 1. The molecule has 1 heterocycles. The van der Waals surface area contributed by atoms with Gasteiger partial charge in [-0.15, -0.1) is 0 Å². The first-order chi connectivity index (χ1) is 8.19. The molecule has 3 nitrogen and oxygen atoms in total. The number of nitrogens with zero attached hydrogens (tertiary/aromatic N) is 1. The van der Waals surface area contributed by atoms with Gasteiger partial charge in [-0.25, -0.2) is 0 Å². The van der Waals surface area contributed by atoms with Gasteiger partial charge in [0.05, 0.1) is 0 Å². The van der Waals surface area contributed by atoms with Gasteiger partial charge in [0.1, 0.15) is 5.69 Å². The Morgan fingerprint density at radius 3 is 2.94 bits per heavy atom. The Kier molecular flexibility index (Phi) is 6.19. The minimum absolute atomic E-state index is 0.0730. The van der Waals surface area contributed by atoms with Crippen LogP contribution in [0.25, 0.3) is 0 Å². The number of amides is 1. The molecule has 0 saturated heterocycles. The van der Waals surface area contributed by atoms with Crippen molar-refractivity contribution in [3.05, 3.63) is 29.6 Å². The molecule has 0 aliphatic carbocycles.